The lowest BCUT2D eigenvalue weighted by molar-refractivity contribution is -0.127. The van der Waals surface area contributed by atoms with Crippen LogP contribution in [-0.4, -0.2) is 33.8 Å². The van der Waals surface area contributed by atoms with Crippen LogP contribution in [0.15, 0.2) is 60.8 Å². The van der Waals surface area contributed by atoms with Gasteiger partial charge in [-0.15, -0.1) is 0 Å². The zero-order valence-corrected chi connectivity index (χ0v) is 15.3. The van der Waals surface area contributed by atoms with Crippen molar-refractivity contribution in [1.82, 2.24) is 15.1 Å². The maximum atomic E-state index is 13.3. The lowest BCUT2D eigenvalue weighted by Crippen LogP contribution is -2.42. The summed E-state index contributed by atoms with van der Waals surface area (Å²) in [6.07, 6.45) is 0.186. The minimum atomic E-state index is -1.27. The molecule has 0 spiro atoms. The number of urea groups is 1. The monoisotopic (exact) mass is 396 g/mol. The Labute approximate surface area is 165 Å². The SMILES string of the molecule is C[C@@H](OC(=O)c1cn(-c2ccccc2)nc1-c1ccc(F)cc1)C(=O)NC(N)=O. The number of nitrogens with one attached hydrogen (secondary N) is 1. The molecule has 29 heavy (non-hydrogen) atoms. The highest BCUT2D eigenvalue weighted by Crippen LogP contribution is 2.25. The fourth-order valence-corrected chi connectivity index (χ4v) is 2.56. The molecule has 3 amide bonds. The van der Waals surface area contributed by atoms with Gasteiger partial charge in [-0.3, -0.25) is 10.1 Å². The van der Waals surface area contributed by atoms with Crippen molar-refractivity contribution in [3.05, 3.63) is 72.2 Å². The van der Waals surface area contributed by atoms with Gasteiger partial charge in [-0.1, -0.05) is 18.2 Å². The third-order valence-electron chi connectivity index (χ3n) is 3.97. The molecule has 3 aromatic rings. The Hall–Kier alpha value is -4.01. The predicted molar refractivity (Wildman–Crippen MR) is 102 cm³/mol. The van der Waals surface area contributed by atoms with E-state index in [2.05, 4.69) is 5.10 Å². The second-order valence-corrected chi connectivity index (χ2v) is 6.08. The van der Waals surface area contributed by atoms with Gasteiger partial charge in [-0.2, -0.15) is 5.10 Å². The molecule has 0 aliphatic rings. The maximum absolute atomic E-state index is 13.3. The molecule has 0 aliphatic heterocycles. The van der Waals surface area contributed by atoms with E-state index in [-0.39, 0.29) is 11.3 Å². The molecular weight excluding hydrogens is 379 g/mol. The van der Waals surface area contributed by atoms with Gasteiger partial charge in [-0.05, 0) is 43.3 Å². The van der Waals surface area contributed by atoms with Gasteiger partial charge in [0.05, 0.1) is 5.69 Å². The standard InChI is InChI=1S/C20H17FN4O4/c1-12(18(26)23-20(22)28)29-19(27)16-11-25(15-5-3-2-4-6-15)24-17(16)13-7-9-14(21)10-8-13/h2-12H,1H3,(H3,22,23,26,28)/t12-/m1/s1. The number of primary amides is 1. The summed E-state index contributed by atoms with van der Waals surface area (Å²) in [5.74, 6) is -2.12. The highest BCUT2D eigenvalue weighted by molar-refractivity contribution is 6.00. The summed E-state index contributed by atoms with van der Waals surface area (Å²) in [5.41, 5.74) is 6.40. The highest BCUT2D eigenvalue weighted by Gasteiger charge is 2.25. The van der Waals surface area contributed by atoms with Crippen LogP contribution in [0.5, 0.6) is 0 Å². The summed E-state index contributed by atoms with van der Waals surface area (Å²) in [6, 6.07) is 13.4. The van der Waals surface area contributed by atoms with E-state index in [0.717, 1.165) is 0 Å². The molecule has 0 fully saturated rings. The summed E-state index contributed by atoms with van der Waals surface area (Å²) in [4.78, 5) is 35.3. The van der Waals surface area contributed by atoms with E-state index >= 15 is 0 Å². The van der Waals surface area contributed by atoms with Gasteiger partial charge >= 0.3 is 12.0 Å². The Morgan fingerprint density at radius 1 is 1.10 bits per heavy atom. The number of hydrogen-bond acceptors (Lipinski definition) is 5. The van der Waals surface area contributed by atoms with E-state index in [1.165, 1.54) is 42.1 Å². The molecule has 0 saturated heterocycles. The molecule has 3 rings (SSSR count). The highest BCUT2D eigenvalue weighted by atomic mass is 19.1. The topological polar surface area (TPSA) is 116 Å². The first-order valence-electron chi connectivity index (χ1n) is 8.57. The number of benzene rings is 2. The average Bonchev–Trinajstić information content (AvgIpc) is 3.14. The summed E-state index contributed by atoms with van der Waals surface area (Å²) < 4.78 is 19.9. The molecular formula is C20H17FN4O4. The van der Waals surface area contributed by atoms with Crippen LogP contribution in [0.2, 0.25) is 0 Å². The molecule has 0 bridgehead atoms. The van der Waals surface area contributed by atoms with Crippen LogP contribution >= 0.6 is 0 Å². The van der Waals surface area contributed by atoms with E-state index in [1.54, 1.807) is 12.1 Å². The van der Waals surface area contributed by atoms with E-state index < -0.39 is 29.8 Å². The van der Waals surface area contributed by atoms with Gasteiger partial charge in [0.1, 0.15) is 17.1 Å². The van der Waals surface area contributed by atoms with E-state index in [1.807, 2.05) is 23.5 Å². The fraction of sp³-hybridized carbons (Fsp3) is 0.100. The van der Waals surface area contributed by atoms with Crippen LogP contribution < -0.4 is 11.1 Å². The molecule has 1 aromatic heterocycles. The van der Waals surface area contributed by atoms with Crippen molar-refractivity contribution in [2.75, 3.05) is 0 Å². The second kappa shape index (κ2) is 8.34. The molecule has 0 saturated carbocycles. The van der Waals surface area contributed by atoms with E-state index in [0.29, 0.717) is 11.3 Å². The van der Waals surface area contributed by atoms with Gasteiger partial charge in [-0.25, -0.2) is 18.7 Å². The molecule has 8 nitrogen and oxygen atoms in total. The zero-order valence-electron chi connectivity index (χ0n) is 15.3. The van der Waals surface area contributed by atoms with Crippen molar-refractivity contribution in [2.45, 2.75) is 13.0 Å². The van der Waals surface area contributed by atoms with Crippen LogP contribution in [0.4, 0.5) is 9.18 Å². The van der Waals surface area contributed by atoms with Gasteiger partial charge in [0.25, 0.3) is 5.91 Å². The minimum absolute atomic E-state index is 0.0687. The Kier molecular flexibility index (Phi) is 5.68. The van der Waals surface area contributed by atoms with Gasteiger partial charge < -0.3 is 10.5 Å². The summed E-state index contributed by atoms with van der Waals surface area (Å²) in [7, 11) is 0. The summed E-state index contributed by atoms with van der Waals surface area (Å²) in [6.45, 7) is 1.30. The summed E-state index contributed by atoms with van der Waals surface area (Å²) >= 11 is 0. The zero-order chi connectivity index (χ0) is 21.0. The van der Waals surface area contributed by atoms with Crippen LogP contribution in [-0.2, 0) is 9.53 Å². The average molecular weight is 396 g/mol. The first kappa shape index (κ1) is 19.7. The van der Waals surface area contributed by atoms with Gasteiger partial charge in [0.2, 0.25) is 0 Å². The maximum Gasteiger partial charge on any atom is 0.342 e. The number of carbonyl (C=O) groups is 3. The number of ether oxygens (including phenoxy) is 1. The Morgan fingerprint density at radius 2 is 1.76 bits per heavy atom. The van der Waals surface area contributed by atoms with E-state index in [9.17, 15) is 18.8 Å². The van der Waals surface area contributed by atoms with Crippen molar-refractivity contribution in [1.29, 1.82) is 0 Å². The number of hydrogen-bond donors (Lipinski definition) is 2. The van der Waals surface area contributed by atoms with Crippen molar-refractivity contribution >= 4 is 17.9 Å². The number of esters is 1. The minimum Gasteiger partial charge on any atom is -0.449 e. The normalized spacial score (nSPS) is 11.5. The number of rotatable bonds is 5. The van der Waals surface area contributed by atoms with Crippen molar-refractivity contribution < 1.29 is 23.5 Å². The van der Waals surface area contributed by atoms with Crippen LogP contribution in [0, 0.1) is 5.82 Å². The lowest BCUT2D eigenvalue weighted by Gasteiger charge is -2.11. The number of para-hydroxylation sites is 1. The third kappa shape index (κ3) is 4.64. The smallest absolute Gasteiger partial charge is 0.342 e. The number of carbonyl (C=O) groups excluding carboxylic acids is 3. The molecule has 148 valence electrons. The van der Waals surface area contributed by atoms with Crippen LogP contribution in [0.25, 0.3) is 16.9 Å². The first-order valence-corrected chi connectivity index (χ1v) is 8.57. The van der Waals surface area contributed by atoms with Gasteiger partial charge in [0.15, 0.2) is 6.10 Å². The molecule has 0 radical (unpaired) electrons. The predicted octanol–water partition coefficient (Wildman–Crippen LogP) is 2.42. The third-order valence-corrected chi connectivity index (χ3v) is 3.97. The van der Waals surface area contributed by atoms with Gasteiger partial charge in [0, 0.05) is 11.8 Å². The van der Waals surface area contributed by atoms with Crippen molar-refractivity contribution in [3.63, 3.8) is 0 Å². The van der Waals surface area contributed by atoms with E-state index in [4.69, 9.17) is 10.5 Å². The molecule has 1 atom stereocenters. The fourth-order valence-electron chi connectivity index (χ4n) is 2.56. The first-order chi connectivity index (χ1) is 13.8. The number of amides is 3. The largest absolute Gasteiger partial charge is 0.449 e. The molecule has 0 unspecified atom stereocenters. The number of imide groups is 1. The van der Waals surface area contributed by atoms with Crippen molar-refractivity contribution in [2.24, 2.45) is 5.73 Å². The molecule has 9 heteroatoms. The Bertz CT molecular complexity index is 1050. The Morgan fingerprint density at radius 3 is 2.38 bits per heavy atom. The quantitative estimate of drug-likeness (QED) is 0.643. The molecule has 3 N–H and O–H groups in total. The van der Waals surface area contributed by atoms with Crippen molar-refractivity contribution in [3.8, 4) is 16.9 Å². The number of halogens is 1. The number of nitrogens with two attached hydrogens (primary N) is 1. The molecule has 0 aliphatic carbocycles. The number of nitrogens with zero attached hydrogens (tertiary/aromatic N) is 2. The second-order valence-electron chi connectivity index (χ2n) is 6.08. The number of aromatic nitrogens is 2. The van der Waals surface area contributed by atoms with Crippen LogP contribution in [0.3, 0.4) is 0 Å². The summed E-state index contributed by atoms with van der Waals surface area (Å²) in [5, 5.41) is 6.26. The van der Waals surface area contributed by atoms with Crippen LogP contribution in [0.1, 0.15) is 17.3 Å². The Balaban J connectivity index is 1.96. The molecule has 2 aromatic carbocycles. The lowest BCUT2D eigenvalue weighted by atomic mass is 10.1. The molecule has 1 heterocycles.